The van der Waals surface area contributed by atoms with Crippen LogP contribution in [0.4, 0.5) is 0 Å². The number of hydrogen-bond acceptors (Lipinski definition) is 6. The number of likely N-dealkylation sites (tertiary alicyclic amines) is 1. The van der Waals surface area contributed by atoms with Crippen molar-refractivity contribution < 1.29 is 24.2 Å². The van der Waals surface area contributed by atoms with E-state index in [9.17, 15) is 4.79 Å². The van der Waals surface area contributed by atoms with Gasteiger partial charge in [0.2, 0.25) is 5.91 Å². The molecule has 4 atom stereocenters. The molecule has 0 spiro atoms. The van der Waals surface area contributed by atoms with Gasteiger partial charge in [-0.1, -0.05) is 37.3 Å². The molecule has 1 heterocycles. The molecule has 0 unspecified atom stereocenters. The van der Waals surface area contributed by atoms with Gasteiger partial charge in [-0.15, -0.1) is 0 Å². The fourth-order valence-electron chi connectivity index (χ4n) is 4.65. The van der Waals surface area contributed by atoms with Crippen LogP contribution in [-0.4, -0.2) is 79.9 Å². The van der Waals surface area contributed by atoms with E-state index in [4.69, 9.17) is 19.4 Å². The van der Waals surface area contributed by atoms with E-state index >= 15 is 0 Å². The zero-order chi connectivity index (χ0) is 23.3. The number of amides is 1. The Labute approximate surface area is 195 Å². The minimum absolute atomic E-state index is 0.121. The standard InChI is InChI=1S/C23H34N2O3S.CH2O2/c1-4-29-16-23(26)24-20-12-18-14-25(15-19(18)13-22(20)28-3)11-7-9-17-8-5-6-10-21(17)27-2;2-1-3/h5-10,18-20,22H,4,11-16H2,1-3H3,(H,24,26);1H,(H,2,3)/b9-7+;/t18-,19+,20-,22-;/m0./s1. The van der Waals surface area contributed by atoms with Gasteiger partial charge in [-0.25, -0.2) is 0 Å². The van der Waals surface area contributed by atoms with Crippen molar-refractivity contribution in [1.82, 2.24) is 10.2 Å². The van der Waals surface area contributed by atoms with Gasteiger partial charge in [0, 0.05) is 32.3 Å². The summed E-state index contributed by atoms with van der Waals surface area (Å²) in [5, 5.41) is 10.1. The van der Waals surface area contributed by atoms with Crippen LogP contribution in [0.25, 0.3) is 6.08 Å². The molecule has 2 aliphatic rings. The minimum Gasteiger partial charge on any atom is -0.496 e. The number of nitrogens with zero attached hydrogens (tertiary/aromatic N) is 1. The van der Waals surface area contributed by atoms with Crippen molar-refractivity contribution in [2.45, 2.75) is 31.9 Å². The number of carbonyl (C=O) groups excluding carboxylic acids is 1. The highest BCUT2D eigenvalue weighted by molar-refractivity contribution is 7.99. The maximum Gasteiger partial charge on any atom is 0.290 e. The molecule has 1 amide bonds. The van der Waals surface area contributed by atoms with Crippen molar-refractivity contribution >= 4 is 30.2 Å². The Morgan fingerprint density at radius 2 is 1.94 bits per heavy atom. The van der Waals surface area contributed by atoms with Crippen LogP contribution in [0.1, 0.15) is 25.3 Å². The maximum atomic E-state index is 12.2. The summed E-state index contributed by atoms with van der Waals surface area (Å²) in [6.07, 6.45) is 6.53. The smallest absolute Gasteiger partial charge is 0.290 e. The van der Waals surface area contributed by atoms with E-state index in [1.165, 1.54) is 0 Å². The Hall–Kier alpha value is -2.03. The molecule has 1 saturated heterocycles. The third kappa shape index (κ3) is 7.83. The third-order valence-electron chi connectivity index (χ3n) is 6.08. The molecule has 2 N–H and O–H groups in total. The topological polar surface area (TPSA) is 88.1 Å². The van der Waals surface area contributed by atoms with E-state index in [2.05, 4.69) is 35.4 Å². The van der Waals surface area contributed by atoms with Crippen molar-refractivity contribution in [2.24, 2.45) is 11.8 Å². The number of para-hydroxylation sites is 1. The van der Waals surface area contributed by atoms with Gasteiger partial charge in [-0.2, -0.15) is 11.8 Å². The molecule has 7 nitrogen and oxygen atoms in total. The van der Waals surface area contributed by atoms with Gasteiger partial charge in [-0.3, -0.25) is 14.5 Å². The lowest BCUT2D eigenvalue weighted by Crippen LogP contribution is -2.50. The second kappa shape index (κ2) is 14.2. The third-order valence-corrected chi connectivity index (χ3v) is 6.95. The van der Waals surface area contributed by atoms with Crippen LogP contribution in [0.3, 0.4) is 0 Å². The van der Waals surface area contributed by atoms with Crippen LogP contribution in [0.2, 0.25) is 0 Å². The first-order valence-corrected chi connectivity index (χ1v) is 12.2. The molecule has 1 aliphatic carbocycles. The average molecular weight is 465 g/mol. The summed E-state index contributed by atoms with van der Waals surface area (Å²) in [5.74, 6) is 3.83. The zero-order valence-corrected chi connectivity index (χ0v) is 20.1. The summed E-state index contributed by atoms with van der Waals surface area (Å²) in [6, 6.07) is 8.22. The highest BCUT2D eigenvalue weighted by Gasteiger charge is 2.42. The SMILES string of the molecule is CCSCC(=O)N[C@H]1C[C@H]2CN(C/C=C/c3ccccc3OC)C[C@H]2C[C@@H]1OC.O=CO. The molecule has 8 heteroatoms. The molecule has 1 saturated carbocycles. The number of fused-ring (bicyclic) bond motifs is 1. The molecule has 0 radical (unpaired) electrons. The first-order valence-electron chi connectivity index (χ1n) is 11.1. The molecule has 1 aromatic rings. The second-order valence-corrected chi connectivity index (χ2v) is 9.32. The lowest BCUT2D eigenvalue weighted by Gasteiger charge is -2.37. The van der Waals surface area contributed by atoms with Crippen LogP contribution < -0.4 is 10.1 Å². The molecule has 32 heavy (non-hydrogen) atoms. The number of methoxy groups -OCH3 is 2. The first-order chi connectivity index (χ1) is 15.6. The number of carboxylic acid groups (broad SMARTS) is 1. The van der Waals surface area contributed by atoms with E-state index in [1.807, 2.05) is 18.2 Å². The summed E-state index contributed by atoms with van der Waals surface area (Å²) in [7, 11) is 3.48. The van der Waals surface area contributed by atoms with Gasteiger partial charge in [-0.05, 0) is 36.5 Å². The molecule has 178 valence electrons. The van der Waals surface area contributed by atoms with E-state index in [0.29, 0.717) is 17.6 Å². The molecule has 1 aliphatic heterocycles. The van der Waals surface area contributed by atoms with Crippen LogP contribution in [-0.2, 0) is 14.3 Å². The van der Waals surface area contributed by atoms with Gasteiger partial charge >= 0.3 is 0 Å². The van der Waals surface area contributed by atoms with Gasteiger partial charge < -0.3 is 19.9 Å². The predicted molar refractivity (Wildman–Crippen MR) is 129 cm³/mol. The van der Waals surface area contributed by atoms with Crippen LogP contribution in [0.15, 0.2) is 30.3 Å². The summed E-state index contributed by atoms with van der Waals surface area (Å²) in [4.78, 5) is 23.1. The van der Waals surface area contributed by atoms with E-state index in [0.717, 1.165) is 49.5 Å². The molecule has 2 fully saturated rings. The largest absolute Gasteiger partial charge is 0.496 e. The second-order valence-electron chi connectivity index (χ2n) is 8.05. The van der Waals surface area contributed by atoms with Gasteiger partial charge in [0.15, 0.2) is 0 Å². The molecular formula is C24H36N2O5S. The Bertz CT molecular complexity index is 745. The van der Waals surface area contributed by atoms with E-state index in [-0.39, 0.29) is 24.5 Å². The molecule has 1 aromatic carbocycles. The van der Waals surface area contributed by atoms with Crippen molar-refractivity contribution in [3.8, 4) is 5.75 Å². The quantitative estimate of drug-likeness (QED) is 0.543. The number of carbonyl (C=O) groups is 2. The first kappa shape index (κ1) is 26.2. The Kier molecular flexibility index (Phi) is 11.6. The van der Waals surface area contributed by atoms with E-state index < -0.39 is 0 Å². The van der Waals surface area contributed by atoms with Gasteiger partial charge in [0.05, 0.1) is 25.0 Å². The van der Waals surface area contributed by atoms with Crippen molar-refractivity contribution in [3.05, 3.63) is 35.9 Å². The number of benzene rings is 1. The fraction of sp³-hybridized carbons (Fsp3) is 0.583. The van der Waals surface area contributed by atoms with Crippen LogP contribution >= 0.6 is 11.8 Å². The van der Waals surface area contributed by atoms with Crippen molar-refractivity contribution in [2.75, 3.05) is 45.4 Å². The maximum absolute atomic E-state index is 12.2. The normalized spacial score (nSPS) is 25.0. The number of ether oxygens (including phenoxy) is 2. The van der Waals surface area contributed by atoms with Crippen molar-refractivity contribution in [1.29, 1.82) is 0 Å². The molecule has 0 aromatic heterocycles. The predicted octanol–water partition coefficient (Wildman–Crippen LogP) is 3.00. The highest BCUT2D eigenvalue weighted by Crippen LogP contribution is 2.37. The lowest BCUT2D eigenvalue weighted by molar-refractivity contribution is -0.123. The number of nitrogens with one attached hydrogen (secondary N) is 1. The number of thioether (sulfide) groups is 1. The molecular weight excluding hydrogens is 428 g/mol. The molecule has 3 rings (SSSR count). The Morgan fingerprint density at radius 3 is 2.59 bits per heavy atom. The summed E-state index contributed by atoms with van der Waals surface area (Å²) < 4.78 is 11.2. The van der Waals surface area contributed by atoms with Crippen LogP contribution in [0, 0.1) is 11.8 Å². The average Bonchev–Trinajstić information content (AvgIpc) is 3.19. The lowest BCUT2D eigenvalue weighted by atomic mass is 9.77. The Morgan fingerprint density at radius 1 is 1.25 bits per heavy atom. The monoisotopic (exact) mass is 464 g/mol. The van der Waals surface area contributed by atoms with Gasteiger partial charge in [0.25, 0.3) is 6.47 Å². The van der Waals surface area contributed by atoms with E-state index in [1.54, 1.807) is 26.0 Å². The Balaban J connectivity index is 0.00000114. The zero-order valence-electron chi connectivity index (χ0n) is 19.2. The van der Waals surface area contributed by atoms with Crippen LogP contribution in [0.5, 0.6) is 5.75 Å². The van der Waals surface area contributed by atoms with Gasteiger partial charge in [0.1, 0.15) is 5.75 Å². The summed E-state index contributed by atoms with van der Waals surface area (Å²) >= 11 is 1.67. The van der Waals surface area contributed by atoms with Crippen molar-refractivity contribution in [3.63, 3.8) is 0 Å². The highest BCUT2D eigenvalue weighted by atomic mass is 32.2. The summed E-state index contributed by atoms with van der Waals surface area (Å²) in [6.45, 7) is 4.96. The number of rotatable bonds is 9. The molecule has 0 bridgehead atoms. The fourth-order valence-corrected chi connectivity index (χ4v) is 5.12. The minimum atomic E-state index is -0.250. The summed E-state index contributed by atoms with van der Waals surface area (Å²) in [5.41, 5.74) is 1.11. The number of hydrogen-bond donors (Lipinski definition) is 2.